The highest BCUT2D eigenvalue weighted by Gasteiger charge is 2.14. The lowest BCUT2D eigenvalue weighted by atomic mass is 10.0. The predicted octanol–water partition coefficient (Wildman–Crippen LogP) is 3.34. The van der Waals surface area contributed by atoms with E-state index in [0.29, 0.717) is 6.04 Å². The Bertz CT molecular complexity index is 327. The van der Waals surface area contributed by atoms with Crippen LogP contribution in [-0.2, 0) is 0 Å². The van der Waals surface area contributed by atoms with E-state index in [1.165, 1.54) is 19.3 Å². The van der Waals surface area contributed by atoms with Crippen molar-refractivity contribution in [2.24, 2.45) is 0 Å². The molecule has 2 rings (SSSR count). The third-order valence-electron chi connectivity index (χ3n) is 3.16. The van der Waals surface area contributed by atoms with Crippen LogP contribution in [0.25, 0.3) is 0 Å². The monoisotopic (exact) mass is 207 g/mol. The molecular formula is C13H18FN. The molecule has 0 aromatic heterocycles. The summed E-state index contributed by atoms with van der Waals surface area (Å²) in [5, 5.41) is 3.48. The predicted molar refractivity (Wildman–Crippen MR) is 60.3 cm³/mol. The van der Waals surface area contributed by atoms with Crippen LogP contribution in [-0.4, -0.2) is 6.54 Å². The molecule has 15 heavy (non-hydrogen) atoms. The minimum atomic E-state index is -0.0847. The second-order valence-corrected chi connectivity index (χ2v) is 4.36. The van der Waals surface area contributed by atoms with E-state index in [1.54, 1.807) is 13.0 Å². The molecule has 1 aliphatic rings. The Morgan fingerprint density at radius 3 is 2.93 bits per heavy atom. The molecule has 2 heteroatoms. The molecule has 1 atom stereocenters. The first-order valence-corrected chi connectivity index (χ1v) is 5.77. The summed E-state index contributed by atoms with van der Waals surface area (Å²) >= 11 is 0. The molecular weight excluding hydrogens is 189 g/mol. The lowest BCUT2D eigenvalue weighted by Gasteiger charge is -2.16. The number of nitrogens with one attached hydrogen (secondary N) is 1. The topological polar surface area (TPSA) is 12.0 Å². The van der Waals surface area contributed by atoms with E-state index in [2.05, 4.69) is 5.32 Å². The molecule has 1 saturated heterocycles. The van der Waals surface area contributed by atoms with Crippen LogP contribution < -0.4 is 5.32 Å². The molecule has 1 aromatic carbocycles. The molecule has 0 spiro atoms. The van der Waals surface area contributed by atoms with E-state index in [-0.39, 0.29) is 5.82 Å². The highest BCUT2D eigenvalue weighted by molar-refractivity contribution is 5.25. The fraction of sp³-hybridized carbons (Fsp3) is 0.538. The summed E-state index contributed by atoms with van der Waals surface area (Å²) in [6.45, 7) is 2.86. The summed E-state index contributed by atoms with van der Waals surface area (Å²) < 4.78 is 13.4. The maximum absolute atomic E-state index is 13.4. The van der Waals surface area contributed by atoms with Crippen molar-refractivity contribution in [3.8, 4) is 0 Å². The van der Waals surface area contributed by atoms with Crippen LogP contribution in [0.4, 0.5) is 4.39 Å². The van der Waals surface area contributed by atoms with Gasteiger partial charge in [-0.3, -0.25) is 0 Å². The molecule has 1 nitrogen and oxygen atoms in total. The van der Waals surface area contributed by atoms with Crippen LogP contribution in [0, 0.1) is 12.7 Å². The molecule has 0 radical (unpaired) electrons. The molecule has 1 aliphatic heterocycles. The Kier molecular flexibility index (Phi) is 3.37. The van der Waals surface area contributed by atoms with E-state index >= 15 is 0 Å². The minimum Gasteiger partial charge on any atom is -0.310 e. The number of rotatable bonds is 1. The quantitative estimate of drug-likeness (QED) is 0.744. The largest absolute Gasteiger partial charge is 0.310 e. The SMILES string of the molecule is Cc1ccc(C2CCCCCN2)cc1F. The molecule has 1 unspecified atom stereocenters. The summed E-state index contributed by atoms with van der Waals surface area (Å²) in [6, 6.07) is 5.94. The highest BCUT2D eigenvalue weighted by atomic mass is 19.1. The summed E-state index contributed by atoms with van der Waals surface area (Å²) in [5.41, 5.74) is 1.83. The normalized spacial score (nSPS) is 22.4. The third-order valence-corrected chi connectivity index (χ3v) is 3.16. The Morgan fingerprint density at radius 2 is 2.13 bits per heavy atom. The van der Waals surface area contributed by atoms with Crippen molar-refractivity contribution in [2.75, 3.05) is 6.54 Å². The van der Waals surface area contributed by atoms with Gasteiger partial charge in [-0.2, -0.15) is 0 Å². The van der Waals surface area contributed by atoms with Crippen molar-refractivity contribution in [3.63, 3.8) is 0 Å². The molecule has 0 aliphatic carbocycles. The van der Waals surface area contributed by atoms with E-state index in [9.17, 15) is 4.39 Å². The van der Waals surface area contributed by atoms with Crippen molar-refractivity contribution in [2.45, 2.75) is 38.6 Å². The van der Waals surface area contributed by atoms with Gasteiger partial charge < -0.3 is 5.32 Å². The second kappa shape index (κ2) is 4.75. The number of halogens is 1. The van der Waals surface area contributed by atoms with Crippen molar-refractivity contribution in [3.05, 3.63) is 35.1 Å². The molecule has 0 bridgehead atoms. The van der Waals surface area contributed by atoms with Crippen molar-refractivity contribution < 1.29 is 4.39 Å². The molecule has 1 aromatic rings. The first-order chi connectivity index (χ1) is 7.27. The Balaban J connectivity index is 2.16. The highest BCUT2D eigenvalue weighted by Crippen LogP contribution is 2.23. The first kappa shape index (κ1) is 10.6. The van der Waals surface area contributed by atoms with Gasteiger partial charge in [0.15, 0.2) is 0 Å². The lowest BCUT2D eigenvalue weighted by molar-refractivity contribution is 0.528. The summed E-state index contributed by atoms with van der Waals surface area (Å²) in [5.74, 6) is -0.0847. The van der Waals surface area contributed by atoms with E-state index in [0.717, 1.165) is 24.1 Å². The van der Waals surface area contributed by atoms with Crippen LogP contribution in [0.3, 0.4) is 0 Å². The average molecular weight is 207 g/mol. The van der Waals surface area contributed by atoms with Crippen LogP contribution in [0.5, 0.6) is 0 Å². The lowest BCUT2D eigenvalue weighted by Crippen LogP contribution is -2.20. The van der Waals surface area contributed by atoms with Crippen LogP contribution in [0.1, 0.15) is 42.9 Å². The summed E-state index contributed by atoms with van der Waals surface area (Å²) in [7, 11) is 0. The van der Waals surface area contributed by atoms with Gasteiger partial charge in [0.1, 0.15) is 5.82 Å². The van der Waals surface area contributed by atoms with E-state index in [4.69, 9.17) is 0 Å². The van der Waals surface area contributed by atoms with E-state index < -0.39 is 0 Å². The smallest absolute Gasteiger partial charge is 0.126 e. The number of hydrogen-bond acceptors (Lipinski definition) is 1. The maximum Gasteiger partial charge on any atom is 0.126 e. The van der Waals surface area contributed by atoms with Gasteiger partial charge in [-0.1, -0.05) is 25.0 Å². The zero-order chi connectivity index (χ0) is 10.7. The van der Waals surface area contributed by atoms with Crippen LogP contribution in [0.15, 0.2) is 18.2 Å². The Hall–Kier alpha value is -0.890. The molecule has 82 valence electrons. The Morgan fingerprint density at radius 1 is 1.27 bits per heavy atom. The molecule has 0 amide bonds. The zero-order valence-electron chi connectivity index (χ0n) is 9.22. The summed E-state index contributed by atoms with van der Waals surface area (Å²) in [4.78, 5) is 0. The number of benzene rings is 1. The van der Waals surface area contributed by atoms with Gasteiger partial charge in [-0.15, -0.1) is 0 Å². The van der Waals surface area contributed by atoms with Gasteiger partial charge in [-0.05, 0) is 43.5 Å². The van der Waals surface area contributed by atoms with Gasteiger partial charge in [0, 0.05) is 6.04 Å². The first-order valence-electron chi connectivity index (χ1n) is 5.77. The van der Waals surface area contributed by atoms with Crippen LogP contribution in [0.2, 0.25) is 0 Å². The fourth-order valence-corrected chi connectivity index (χ4v) is 2.14. The van der Waals surface area contributed by atoms with Crippen molar-refractivity contribution in [1.82, 2.24) is 5.32 Å². The molecule has 1 heterocycles. The number of hydrogen-bond donors (Lipinski definition) is 1. The van der Waals surface area contributed by atoms with Gasteiger partial charge in [-0.25, -0.2) is 4.39 Å². The molecule has 1 N–H and O–H groups in total. The maximum atomic E-state index is 13.4. The van der Waals surface area contributed by atoms with Gasteiger partial charge in [0.05, 0.1) is 0 Å². The van der Waals surface area contributed by atoms with Crippen molar-refractivity contribution >= 4 is 0 Å². The van der Waals surface area contributed by atoms with Gasteiger partial charge in [0.2, 0.25) is 0 Å². The van der Waals surface area contributed by atoms with Gasteiger partial charge in [0.25, 0.3) is 0 Å². The van der Waals surface area contributed by atoms with E-state index in [1.807, 2.05) is 12.1 Å². The third kappa shape index (κ3) is 2.57. The minimum absolute atomic E-state index is 0.0847. The molecule has 1 fully saturated rings. The van der Waals surface area contributed by atoms with Crippen LogP contribution >= 0.6 is 0 Å². The fourth-order valence-electron chi connectivity index (χ4n) is 2.14. The summed E-state index contributed by atoms with van der Waals surface area (Å²) in [6.07, 6.45) is 4.90. The number of aryl methyl sites for hydroxylation is 1. The van der Waals surface area contributed by atoms with Crippen molar-refractivity contribution in [1.29, 1.82) is 0 Å². The standard InChI is InChI=1S/C13H18FN/c1-10-6-7-11(9-12(10)14)13-5-3-2-4-8-15-13/h6-7,9,13,15H,2-5,8H2,1H3. The second-order valence-electron chi connectivity index (χ2n) is 4.36. The Labute approximate surface area is 90.7 Å². The zero-order valence-corrected chi connectivity index (χ0v) is 9.22. The average Bonchev–Trinajstić information content (AvgIpc) is 2.50. The van der Waals surface area contributed by atoms with Gasteiger partial charge >= 0.3 is 0 Å². The molecule has 0 saturated carbocycles.